The molecule has 3 N–H and O–H groups in total. The number of rotatable bonds is 6. The van der Waals surface area contributed by atoms with E-state index in [0.29, 0.717) is 6.42 Å². The highest BCUT2D eigenvalue weighted by atomic mass is 16.1. The molecule has 0 aliphatic heterocycles. The number of hydrogen-bond acceptors (Lipinski definition) is 3. The molecule has 1 rings (SSSR count). The first-order chi connectivity index (χ1) is 8.75. The number of nitrogens with one attached hydrogen (secondary N) is 1. The highest BCUT2D eigenvalue weighted by Crippen LogP contribution is 2.31. The zero-order valence-corrected chi connectivity index (χ0v) is 13.1. The standard InChI is InChI=1S/C15H31N3O/c1-14(2,16)11-8-13(19)17-12-15(18(3)4)9-6-5-7-10-15/h5-12,16H2,1-4H3,(H,17,19). The molecule has 0 bridgehead atoms. The van der Waals surface area contributed by atoms with Crippen molar-refractivity contribution in [2.24, 2.45) is 5.73 Å². The van der Waals surface area contributed by atoms with Crippen molar-refractivity contribution in [3.05, 3.63) is 0 Å². The van der Waals surface area contributed by atoms with Crippen LogP contribution in [0.4, 0.5) is 0 Å². The average Bonchev–Trinajstić information content (AvgIpc) is 2.34. The summed E-state index contributed by atoms with van der Waals surface area (Å²) in [6.07, 6.45) is 7.48. The van der Waals surface area contributed by atoms with Gasteiger partial charge in [0, 0.05) is 24.0 Å². The molecule has 0 radical (unpaired) electrons. The van der Waals surface area contributed by atoms with E-state index in [-0.39, 0.29) is 17.0 Å². The normalized spacial score (nSPS) is 19.5. The van der Waals surface area contributed by atoms with E-state index in [2.05, 4.69) is 24.3 Å². The number of hydrogen-bond donors (Lipinski definition) is 2. The van der Waals surface area contributed by atoms with E-state index < -0.39 is 0 Å². The van der Waals surface area contributed by atoms with E-state index in [1.54, 1.807) is 0 Å². The Balaban J connectivity index is 2.42. The summed E-state index contributed by atoms with van der Waals surface area (Å²) in [6.45, 7) is 4.69. The van der Waals surface area contributed by atoms with Crippen molar-refractivity contribution in [1.82, 2.24) is 10.2 Å². The molecule has 1 amide bonds. The molecule has 4 heteroatoms. The first-order valence-electron chi connectivity index (χ1n) is 7.48. The molecule has 1 aliphatic carbocycles. The predicted molar refractivity (Wildman–Crippen MR) is 80.0 cm³/mol. The van der Waals surface area contributed by atoms with E-state index >= 15 is 0 Å². The topological polar surface area (TPSA) is 58.4 Å². The molecule has 1 aliphatic rings. The molecule has 112 valence electrons. The van der Waals surface area contributed by atoms with Gasteiger partial charge in [0.05, 0.1) is 0 Å². The molecular weight excluding hydrogens is 238 g/mol. The third kappa shape index (κ3) is 5.49. The van der Waals surface area contributed by atoms with Gasteiger partial charge in [0.1, 0.15) is 0 Å². The minimum Gasteiger partial charge on any atom is -0.354 e. The van der Waals surface area contributed by atoms with Crippen molar-refractivity contribution < 1.29 is 4.79 Å². The number of likely N-dealkylation sites (N-methyl/N-ethyl adjacent to an activating group) is 1. The molecule has 0 heterocycles. The fourth-order valence-electron chi connectivity index (χ4n) is 2.78. The lowest BCUT2D eigenvalue weighted by Gasteiger charge is -2.43. The minimum absolute atomic E-state index is 0.130. The van der Waals surface area contributed by atoms with Crippen molar-refractivity contribution in [2.75, 3.05) is 20.6 Å². The lowest BCUT2D eigenvalue weighted by molar-refractivity contribution is -0.122. The van der Waals surface area contributed by atoms with Crippen molar-refractivity contribution in [1.29, 1.82) is 0 Å². The van der Waals surface area contributed by atoms with E-state index in [9.17, 15) is 4.79 Å². The van der Waals surface area contributed by atoms with Crippen LogP contribution in [0.25, 0.3) is 0 Å². The number of carbonyl (C=O) groups excluding carboxylic acids is 1. The van der Waals surface area contributed by atoms with Crippen LogP contribution in [0.2, 0.25) is 0 Å². The molecule has 1 fully saturated rings. The number of nitrogens with two attached hydrogens (primary N) is 1. The second kappa shape index (κ2) is 6.71. The molecule has 0 aromatic carbocycles. The maximum Gasteiger partial charge on any atom is 0.220 e. The van der Waals surface area contributed by atoms with Gasteiger partial charge in [-0.25, -0.2) is 0 Å². The van der Waals surface area contributed by atoms with Crippen LogP contribution in [-0.2, 0) is 4.79 Å². The fourth-order valence-corrected chi connectivity index (χ4v) is 2.78. The first-order valence-corrected chi connectivity index (χ1v) is 7.48. The summed E-state index contributed by atoms with van der Waals surface area (Å²) in [5.74, 6) is 0.130. The SMILES string of the molecule is CN(C)C1(CNC(=O)CCC(C)(C)N)CCCCC1. The highest BCUT2D eigenvalue weighted by Gasteiger charge is 2.34. The van der Waals surface area contributed by atoms with Crippen molar-refractivity contribution in [3.63, 3.8) is 0 Å². The van der Waals surface area contributed by atoms with Crippen molar-refractivity contribution in [3.8, 4) is 0 Å². The Morgan fingerprint density at radius 2 is 1.84 bits per heavy atom. The van der Waals surface area contributed by atoms with E-state index in [0.717, 1.165) is 13.0 Å². The number of carbonyl (C=O) groups is 1. The molecule has 19 heavy (non-hydrogen) atoms. The minimum atomic E-state index is -0.262. The second-order valence-electron chi connectivity index (χ2n) is 6.94. The van der Waals surface area contributed by atoms with Crippen LogP contribution in [0, 0.1) is 0 Å². The third-order valence-electron chi connectivity index (χ3n) is 4.34. The summed E-state index contributed by atoms with van der Waals surface area (Å²) in [5, 5.41) is 3.11. The lowest BCUT2D eigenvalue weighted by Crippen LogP contribution is -2.53. The lowest BCUT2D eigenvalue weighted by atomic mass is 9.80. The number of nitrogens with zero attached hydrogens (tertiary/aromatic N) is 1. The summed E-state index contributed by atoms with van der Waals surface area (Å²) in [5.41, 5.74) is 5.81. The Hall–Kier alpha value is -0.610. The Bertz CT molecular complexity index is 288. The van der Waals surface area contributed by atoms with Crippen LogP contribution < -0.4 is 11.1 Å². The van der Waals surface area contributed by atoms with Crippen molar-refractivity contribution in [2.45, 2.75) is 69.9 Å². The van der Waals surface area contributed by atoms with E-state index in [1.165, 1.54) is 32.1 Å². The molecule has 0 saturated heterocycles. The second-order valence-corrected chi connectivity index (χ2v) is 6.94. The smallest absolute Gasteiger partial charge is 0.220 e. The van der Waals surface area contributed by atoms with Gasteiger partial charge in [0.25, 0.3) is 0 Å². The van der Waals surface area contributed by atoms with Crippen LogP contribution in [0.5, 0.6) is 0 Å². The molecule has 0 aromatic heterocycles. The molecule has 0 unspecified atom stereocenters. The summed E-state index contributed by atoms with van der Waals surface area (Å²) < 4.78 is 0. The van der Waals surface area contributed by atoms with E-state index in [1.807, 2.05) is 13.8 Å². The summed E-state index contributed by atoms with van der Waals surface area (Å²) in [7, 11) is 4.25. The Kier molecular flexibility index (Phi) is 5.81. The van der Waals surface area contributed by atoms with Gasteiger partial charge in [-0.05, 0) is 47.2 Å². The summed E-state index contributed by atoms with van der Waals surface area (Å²) in [6, 6.07) is 0. The molecule has 0 spiro atoms. The third-order valence-corrected chi connectivity index (χ3v) is 4.34. The van der Waals surface area contributed by atoms with Crippen LogP contribution >= 0.6 is 0 Å². The van der Waals surface area contributed by atoms with Gasteiger partial charge >= 0.3 is 0 Å². The van der Waals surface area contributed by atoms with Gasteiger partial charge in [-0.1, -0.05) is 19.3 Å². The maximum atomic E-state index is 11.9. The Morgan fingerprint density at radius 1 is 1.26 bits per heavy atom. The van der Waals surface area contributed by atoms with Gasteiger partial charge in [-0.3, -0.25) is 4.79 Å². The predicted octanol–water partition coefficient (Wildman–Crippen LogP) is 1.88. The van der Waals surface area contributed by atoms with Crippen LogP contribution in [0.15, 0.2) is 0 Å². The Morgan fingerprint density at radius 3 is 2.32 bits per heavy atom. The zero-order valence-electron chi connectivity index (χ0n) is 13.1. The zero-order chi connectivity index (χ0) is 14.5. The average molecular weight is 269 g/mol. The van der Waals surface area contributed by atoms with Crippen LogP contribution in [-0.4, -0.2) is 42.5 Å². The molecule has 4 nitrogen and oxygen atoms in total. The number of amides is 1. The van der Waals surface area contributed by atoms with Gasteiger partial charge in [-0.15, -0.1) is 0 Å². The molecule has 1 saturated carbocycles. The molecule has 0 aromatic rings. The quantitative estimate of drug-likeness (QED) is 0.774. The van der Waals surface area contributed by atoms with Crippen molar-refractivity contribution >= 4 is 5.91 Å². The monoisotopic (exact) mass is 269 g/mol. The Labute approximate surface area is 118 Å². The van der Waals surface area contributed by atoms with Crippen LogP contribution in [0.3, 0.4) is 0 Å². The van der Waals surface area contributed by atoms with Crippen LogP contribution in [0.1, 0.15) is 58.8 Å². The summed E-state index contributed by atoms with van der Waals surface area (Å²) >= 11 is 0. The van der Waals surface area contributed by atoms with Gasteiger partial charge in [0.2, 0.25) is 5.91 Å². The largest absolute Gasteiger partial charge is 0.354 e. The summed E-state index contributed by atoms with van der Waals surface area (Å²) in [4.78, 5) is 14.2. The first kappa shape index (κ1) is 16.4. The molecule has 0 atom stereocenters. The van der Waals surface area contributed by atoms with Gasteiger partial charge in [0.15, 0.2) is 0 Å². The molecular formula is C15H31N3O. The van der Waals surface area contributed by atoms with Gasteiger partial charge < -0.3 is 16.0 Å². The van der Waals surface area contributed by atoms with E-state index in [4.69, 9.17) is 5.73 Å². The van der Waals surface area contributed by atoms with Gasteiger partial charge in [-0.2, -0.15) is 0 Å². The highest BCUT2D eigenvalue weighted by molar-refractivity contribution is 5.76. The maximum absolute atomic E-state index is 11.9. The fraction of sp³-hybridized carbons (Fsp3) is 0.933.